The highest BCUT2D eigenvalue weighted by molar-refractivity contribution is 5.99. The number of hydrogen-bond donors (Lipinski definition) is 1. The Morgan fingerprint density at radius 3 is 2.67 bits per heavy atom. The van der Waals surface area contributed by atoms with E-state index in [4.69, 9.17) is 0 Å². The standard InChI is InChI=1S/C17H21NO3/c1-11-4-3-5-12(2)15(19)10-14(11)7-6-13-8-9-16(20)18-17(13)21/h3-5,13-14H,2,6-10H2,1H3,(H,18,20,21)/b5-3-,11-4-. The molecular formula is C17H21NO3. The zero-order valence-corrected chi connectivity index (χ0v) is 12.4. The second kappa shape index (κ2) is 6.66. The Balaban J connectivity index is 1.97. The van der Waals surface area contributed by atoms with Crippen LogP contribution in [0.2, 0.25) is 0 Å². The van der Waals surface area contributed by atoms with E-state index >= 15 is 0 Å². The second-order valence-corrected chi connectivity index (χ2v) is 5.84. The van der Waals surface area contributed by atoms with E-state index in [1.807, 2.05) is 19.1 Å². The van der Waals surface area contributed by atoms with Gasteiger partial charge in [-0.2, -0.15) is 0 Å². The van der Waals surface area contributed by atoms with Crippen molar-refractivity contribution in [3.63, 3.8) is 0 Å². The van der Waals surface area contributed by atoms with Gasteiger partial charge in [0.1, 0.15) is 0 Å². The Hall–Kier alpha value is -1.97. The van der Waals surface area contributed by atoms with Crippen LogP contribution in [0.4, 0.5) is 0 Å². The number of imide groups is 1. The maximum absolute atomic E-state index is 12.0. The van der Waals surface area contributed by atoms with Gasteiger partial charge in [-0.15, -0.1) is 0 Å². The van der Waals surface area contributed by atoms with Gasteiger partial charge >= 0.3 is 0 Å². The van der Waals surface area contributed by atoms with E-state index < -0.39 is 0 Å². The average Bonchev–Trinajstić information content (AvgIpc) is 2.43. The number of Topliss-reactive ketones (excluding diaryl/α,β-unsaturated/α-hetero) is 1. The van der Waals surface area contributed by atoms with Crippen LogP contribution in [0.5, 0.6) is 0 Å². The highest BCUT2D eigenvalue weighted by Gasteiger charge is 2.28. The fourth-order valence-electron chi connectivity index (χ4n) is 2.81. The molecule has 2 rings (SSSR count). The normalized spacial score (nSPS) is 31.0. The van der Waals surface area contributed by atoms with Gasteiger partial charge in [0.05, 0.1) is 0 Å². The Kier molecular flexibility index (Phi) is 4.89. The Morgan fingerprint density at radius 2 is 1.95 bits per heavy atom. The molecule has 4 heteroatoms. The van der Waals surface area contributed by atoms with Crippen LogP contribution in [0.3, 0.4) is 0 Å². The van der Waals surface area contributed by atoms with Crippen LogP contribution >= 0.6 is 0 Å². The lowest BCUT2D eigenvalue weighted by molar-refractivity contribution is -0.136. The van der Waals surface area contributed by atoms with Gasteiger partial charge in [-0.05, 0) is 32.1 Å². The minimum atomic E-state index is -0.185. The summed E-state index contributed by atoms with van der Waals surface area (Å²) in [4.78, 5) is 34.9. The third-order valence-electron chi connectivity index (χ3n) is 4.31. The summed E-state index contributed by atoms with van der Waals surface area (Å²) in [7, 11) is 0. The molecule has 1 aliphatic carbocycles. The van der Waals surface area contributed by atoms with E-state index in [0.717, 1.165) is 12.0 Å². The number of amides is 2. The molecule has 21 heavy (non-hydrogen) atoms. The number of carbonyl (C=O) groups excluding carboxylic acids is 3. The summed E-state index contributed by atoms with van der Waals surface area (Å²) in [5.74, 6) is -0.268. The summed E-state index contributed by atoms with van der Waals surface area (Å²) in [5.41, 5.74) is 1.68. The van der Waals surface area contributed by atoms with Gasteiger partial charge in [0.2, 0.25) is 11.8 Å². The van der Waals surface area contributed by atoms with E-state index in [9.17, 15) is 14.4 Å². The first kappa shape index (κ1) is 15.4. The Labute approximate surface area is 125 Å². The molecule has 0 aromatic rings. The lowest BCUT2D eigenvalue weighted by Crippen LogP contribution is -2.40. The number of hydrogen-bond acceptors (Lipinski definition) is 3. The number of ketones is 1. The molecule has 0 aromatic carbocycles. The SMILES string of the molecule is C=C1/C=C\C=C(\C)C(CCC2CCC(=O)NC2=O)CC1=O. The summed E-state index contributed by atoms with van der Waals surface area (Å²) in [5, 5.41) is 2.38. The summed E-state index contributed by atoms with van der Waals surface area (Å²) in [6.07, 6.45) is 8.55. The maximum Gasteiger partial charge on any atom is 0.229 e. The van der Waals surface area contributed by atoms with Crippen molar-refractivity contribution in [3.05, 3.63) is 36.0 Å². The van der Waals surface area contributed by atoms with E-state index in [2.05, 4.69) is 11.9 Å². The van der Waals surface area contributed by atoms with Crippen LogP contribution in [0, 0.1) is 11.8 Å². The molecule has 1 saturated heterocycles. The molecule has 0 spiro atoms. The molecule has 2 unspecified atom stereocenters. The lowest BCUT2D eigenvalue weighted by Gasteiger charge is -2.24. The van der Waals surface area contributed by atoms with Crippen LogP contribution < -0.4 is 5.32 Å². The number of allylic oxidation sites excluding steroid dienone is 5. The molecule has 1 N–H and O–H groups in total. The Morgan fingerprint density at radius 1 is 1.24 bits per heavy atom. The Bertz CT molecular complexity index is 542. The molecule has 0 bridgehead atoms. The van der Waals surface area contributed by atoms with Crippen molar-refractivity contribution >= 4 is 17.6 Å². The fraction of sp³-hybridized carbons (Fsp3) is 0.471. The van der Waals surface area contributed by atoms with E-state index in [1.54, 1.807) is 6.08 Å². The van der Waals surface area contributed by atoms with Gasteiger partial charge in [-0.25, -0.2) is 0 Å². The van der Waals surface area contributed by atoms with E-state index in [0.29, 0.717) is 31.3 Å². The maximum atomic E-state index is 12.0. The van der Waals surface area contributed by atoms with Gasteiger partial charge in [0.25, 0.3) is 0 Å². The van der Waals surface area contributed by atoms with Crippen molar-refractivity contribution in [3.8, 4) is 0 Å². The monoisotopic (exact) mass is 287 g/mol. The van der Waals surface area contributed by atoms with E-state index in [1.165, 1.54) is 0 Å². The van der Waals surface area contributed by atoms with Gasteiger partial charge < -0.3 is 0 Å². The molecule has 0 saturated carbocycles. The van der Waals surface area contributed by atoms with Crippen LogP contribution in [-0.4, -0.2) is 17.6 Å². The van der Waals surface area contributed by atoms with Crippen molar-refractivity contribution in [1.82, 2.24) is 5.32 Å². The third kappa shape index (κ3) is 4.00. The minimum absolute atomic E-state index is 0.0620. The highest BCUT2D eigenvalue weighted by Crippen LogP contribution is 2.28. The number of rotatable bonds is 3. The van der Waals surface area contributed by atoms with Gasteiger partial charge in [-0.3, -0.25) is 19.7 Å². The highest BCUT2D eigenvalue weighted by atomic mass is 16.2. The van der Waals surface area contributed by atoms with Crippen LogP contribution in [0.1, 0.15) is 39.0 Å². The molecule has 2 aliphatic rings. The van der Waals surface area contributed by atoms with Crippen molar-refractivity contribution in [2.75, 3.05) is 0 Å². The van der Waals surface area contributed by atoms with Gasteiger partial charge in [-0.1, -0.05) is 30.4 Å². The molecule has 1 heterocycles. The van der Waals surface area contributed by atoms with Gasteiger partial charge in [0.15, 0.2) is 5.78 Å². The molecule has 0 aromatic heterocycles. The number of piperidine rings is 1. The molecule has 0 radical (unpaired) electrons. The summed E-state index contributed by atoms with van der Waals surface area (Å²) < 4.78 is 0. The first-order chi connectivity index (χ1) is 9.97. The predicted molar refractivity (Wildman–Crippen MR) is 80.3 cm³/mol. The topological polar surface area (TPSA) is 63.2 Å². The summed E-state index contributed by atoms with van der Waals surface area (Å²) >= 11 is 0. The smallest absolute Gasteiger partial charge is 0.229 e. The second-order valence-electron chi connectivity index (χ2n) is 5.84. The molecule has 1 fully saturated rings. The van der Waals surface area contributed by atoms with Crippen molar-refractivity contribution < 1.29 is 14.4 Å². The van der Waals surface area contributed by atoms with Crippen molar-refractivity contribution in [1.29, 1.82) is 0 Å². The first-order valence-electron chi connectivity index (χ1n) is 7.38. The molecule has 2 amide bonds. The van der Waals surface area contributed by atoms with Crippen LogP contribution in [0.15, 0.2) is 36.0 Å². The average molecular weight is 287 g/mol. The zero-order chi connectivity index (χ0) is 15.4. The molecule has 1 aliphatic heterocycles. The largest absolute Gasteiger partial charge is 0.296 e. The first-order valence-corrected chi connectivity index (χ1v) is 7.38. The summed E-state index contributed by atoms with van der Waals surface area (Å²) in [6, 6.07) is 0. The number of carbonyl (C=O) groups is 3. The molecule has 112 valence electrons. The summed E-state index contributed by atoms with van der Waals surface area (Å²) in [6.45, 7) is 5.77. The fourth-order valence-corrected chi connectivity index (χ4v) is 2.81. The van der Waals surface area contributed by atoms with Gasteiger partial charge in [0, 0.05) is 24.3 Å². The predicted octanol–water partition coefficient (Wildman–Crippen LogP) is 2.47. The zero-order valence-electron chi connectivity index (χ0n) is 12.4. The molecule has 4 nitrogen and oxygen atoms in total. The van der Waals surface area contributed by atoms with Crippen molar-refractivity contribution in [2.45, 2.75) is 39.0 Å². The van der Waals surface area contributed by atoms with Crippen molar-refractivity contribution in [2.24, 2.45) is 11.8 Å². The minimum Gasteiger partial charge on any atom is -0.296 e. The third-order valence-corrected chi connectivity index (χ3v) is 4.31. The molecular weight excluding hydrogens is 266 g/mol. The van der Waals surface area contributed by atoms with E-state index in [-0.39, 0.29) is 29.4 Å². The number of nitrogens with one attached hydrogen (secondary N) is 1. The quantitative estimate of drug-likeness (QED) is 0.640. The van der Waals surface area contributed by atoms with Crippen LogP contribution in [0.25, 0.3) is 0 Å². The lowest BCUT2D eigenvalue weighted by atomic mass is 9.83. The molecule has 2 atom stereocenters. The van der Waals surface area contributed by atoms with Crippen LogP contribution in [-0.2, 0) is 14.4 Å².